The number of sulfonamides is 1. The first kappa shape index (κ1) is 12.4. The van der Waals surface area contributed by atoms with E-state index in [1.165, 1.54) is 10.4 Å². The molecule has 0 aliphatic carbocycles. The van der Waals surface area contributed by atoms with Crippen molar-refractivity contribution >= 4 is 21.4 Å². The third kappa shape index (κ3) is 2.06. The van der Waals surface area contributed by atoms with Crippen LogP contribution in [0.25, 0.3) is 0 Å². The van der Waals surface area contributed by atoms with E-state index in [1.807, 2.05) is 30.3 Å². The molecule has 0 saturated heterocycles. The van der Waals surface area contributed by atoms with Crippen molar-refractivity contribution in [2.24, 2.45) is 0 Å². The average molecular weight is 290 g/mol. The highest BCUT2D eigenvalue weighted by Crippen LogP contribution is 2.31. The molecule has 0 saturated carbocycles. The number of hydrogen-bond donors (Lipinski definition) is 0. The monoisotopic (exact) mass is 290 g/mol. The molecule has 0 radical (unpaired) electrons. The van der Waals surface area contributed by atoms with E-state index in [0.717, 1.165) is 22.5 Å². The van der Waals surface area contributed by atoms with E-state index in [4.69, 9.17) is 5.26 Å². The Morgan fingerprint density at radius 2 is 1.74 bits per heavy atom. The molecule has 6 heteroatoms. The fraction of sp³-hybridized carbons (Fsp3) is 0.154. The van der Waals surface area contributed by atoms with Crippen molar-refractivity contribution in [2.45, 2.75) is 17.3 Å². The van der Waals surface area contributed by atoms with Gasteiger partial charge < -0.3 is 0 Å². The Morgan fingerprint density at radius 3 is 2.26 bits per heavy atom. The number of thiophene rings is 1. The fourth-order valence-corrected chi connectivity index (χ4v) is 4.77. The van der Waals surface area contributed by atoms with E-state index in [0.29, 0.717) is 18.0 Å². The predicted octanol–water partition coefficient (Wildman–Crippen LogP) is 2.32. The maximum absolute atomic E-state index is 12.5. The highest BCUT2D eigenvalue weighted by atomic mass is 32.2. The van der Waals surface area contributed by atoms with Crippen LogP contribution in [0, 0.1) is 11.3 Å². The minimum absolute atomic E-state index is 0.233. The molecule has 4 nitrogen and oxygen atoms in total. The first-order chi connectivity index (χ1) is 9.11. The van der Waals surface area contributed by atoms with Crippen molar-refractivity contribution in [1.29, 1.82) is 5.26 Å². The molecule has 0 fully saturated rings. The van der Waals surface area contributed by atoms with Crippen molar-refractivity contribution in [3.63, 3.8) is 0 Å². The Hall–Kier alpha value is -1.68. The number of benzene rings is 1. The molecule has 1 aromatic carbocycles. The summed E-state index contributed by atoms with van der Waals surface area (Å²) < 4.78 is 26.6. The quantitative estimate of drug-likeness (QED) is 0.852. The lowest BCUT2D eigenvalue weighted by molar-refractivity contribution is 0.433. The Morgan fingerprint density at radius 1 is 1.11 bits per heavy atom. The number of nitrogens with zero attached hydrogens (tertiary/aromatic N) is 2. The maximum Gasteiger partial charge on any atom is 0.253 e. The van der Waals surface area contributed by atoms with Gasteiger partial charge in [0.05, 0.1) is 0 Å². The van der Waals surface area contributed by atoms with E-state index in [9.17, 15) is 8.42 Å². The maximum atomic E-state index is 12.5. The van der Waals surface area contributed by atoms with E-state index >= 15 is 0 Å². The first-order valence-corrected chi connectivity index (χ1v) is 7.94. The SMILES string of the molecule is N#Cc1ccc(S(=O)(=O)N2Cc3ccccc3C2)s1. The van der Waals surface area contributed by atoms with Crippen LogP contribution < -0.4 is 0 Å². The number of nitriles is 1. The van der Waals surface area contributed by atoms with Crippen LogP contribution in [0.4, 0.5) is 0 Å². The molecule has 1 aliphatic heterocycles. The smallest absolute Gasteiger partial charge is 0.206 e. The van der Waals surface area contributed by atoms with Crippen LogP contribution in [0.5, 0.6) is 0 Å². The summed E-state index contributed by atoms with van der Waals surface area (Å²) in [4.78, 5) is 0.412. The predicted molar refractivity (Wildman–Crippen MR) is 71.9 cm³/mol. The average Bonchev–Trinajstić information content (AvgIpc) is 3.05. The standard InChI is InChI=1S/C13H10N2O2S2/c14-7-12-5-6-13(18-12)19(16,17)15-8-10-3-1-2-4-11(10)9-15/h1-6H,8-9H2. The van der Waals surface area contributed by atoms with Gasteiger partial charge in [-0.15, -0.1) is 11.3 Å². The summed E-state index contributed by atoms with van der Waals surface area (Å²) in [5, 5.41) is 8.78. The van der Waals surface area contributed by atoms with Gasteiger partial charge in [-0.2, -0.15) is 9.57 Å². The van der Waals surface area contributed by atoms with Crippen molar-refractivity contribution in [3.8, 4) is 6.07 Å². The molecule has 0 amide bonds. The number of fused-ring (bicyclic) bond motifs is 1. The van der Waals surface area contributed by atoms with Crippen molar-refractivity contribution in [2.75, 3.05) is 0 Å². The highest BCUT2D eigenvalue weighted by molar-refractivity contribution is 7.91. The van der Waals surface area contributed by atoms with E-state index in [2.05, 4.69) is 0 Å². The summed E-state index contributed by atoms with van der Waals surface area (Å²) in [7, 11) is -3.49. The van der Waals surface area contributed by atoms with Crippen LogP contribution in [0.3, 0.4) is 0 Å². The molecule has 0 unspecified atom stereocenters. The van der Waals surface area contributed by atoms with Gasteiger partial charge in [-0.25, -0.2) is 8.42 Å². The lowest BCUT2D eigenvalue weighted by atomic mass is 10.1. The molecular formula is C13H10N2O2S2. The van der Waals surface area contributed by atoms with Gasteiger partial charge in [0, 0.05) is 13.1 Å². The van der Waals surface area contributed by atoms with Crippen LogP contribution in [-0.2, 0) is 23.1 Å². The van der Waals surface area contributed by atoms with E-state index < -0.39 is 10.0 Å². The summed E-state index contributed by atoms with van der Waals surface area (Å²) >= 11 is 1.01. The van der Waals surface area contributed by atoms with Gasteiger partial charge in [0.1, 0.15) is 15.2 Å². The number of rotatable bonds is 2. The van der Waals surface area contributed by atoms with Crippen LogP contribution >= 0.6 is 11.3 Å². The minimum atomic E-state index is -3.49. The second-order valence-corrected chi connectivity index (χ2v) is 7.52. The normalized spacial score (nSPS) is 15.1. The Bertz CT molecular complexity index is 747. The van der Waals surface area contributed by atoms with Crippen LogP contribution in [0.2, 0.25) is 0 Å². The Balaban J connectivity index is 1.94. The van der Waals surface area contributed by atoms with E-state index in [-0.39, 0.29) is 4.21 Å². The lowest BCUT2D eigenvalue weighted by Gasteiger charge is -2.13. The molecule has 0 spiro atoms. The third-order valence-electron chi connectivity index (χ3n) is 3.10. The Labute approximate surface area is 115 Å². The van der Waals surface area contributed by atoms with E-state index in [1.54, 1.807) is 6.07 Å². The molecule has 2 aromatic rings. The molecule has 1 aliphatic rings. The zero-order valence-corrected chi connectivity index (χ0v) is 11.5. The van der Waals surface area contributed by atoms with Crippen molar-refractivity contribution in [3.05, 3.63) is 52.4 Å². The zero-order valence-electron chi connectivity index (χ0n) is 9.91. The van der Waals surface area contributed by atoms with Gasteiger partial charge in [0.25, 0.3) is 10.0 Å². The van der Waals surface area contributed by atoms with Gasteiger partial charge in [0.15, 0.2) is 0 Å². The first-order valence-electron chi connectivity index (χ1n) is 5.68. The number of hydrogen-bond acceptors (Lipinski definition) is 4. The van der Waals surface area contributed by atoms with Gasteiger partial charge >= 0.3 is 0 Å². The summed E-state index contributed by atoms with van der Waals surface area (Å²) in [6.07, 6.45) is 0. The van der Waals surface area contributed by atoms with Gasteiger partial charge in [-0.3, -0.25) is 0 Å². The Kier molecular flexibility index (Phi) is 2.90. The van der Waals surface area contributed by atoms with Crippen molar-refractivity contribution < 1.29 is 8.42 Å². The molecule has 96 valence electrons. The summed E-state index contributed by atoms with van der Waals surface area (Å²) in [5.41, 5.74) is 2.09. The molecule has 2 heterocycles. The third-order valence-corrected chi connectivity index (χ3v) is 6.35. The summed E-state index contributed by atoms with van der Waals surface area (Å²) in [6, 6.07) is 12.7. The summed E-state index contributed by atoms with van der Waals surface area (Å²) in [5.74, 6) is 0. The molecular weight excluding hydrogens is 280 g/mol. The molecule has 19 heavy (non-hydrogen) atoms. The molecule has 0 bridgehead atoms. The van der Waals surface area contributed by atoms with Gasteiger partial charge in [-0.05, 0) is 23.3 Å². The highest BCUT2D eigenvalue weighted by Gasteiger charge is 2.31. The fourth-order valence-electron chi connectivity index (χ4n) is 2.12. The molecule has 0 atom stereocenters. The van der Waals surface area contributed by atoms with Crippen molar-refractivity contribution in [1.82, 2.24) is 4.31 Å². The second kappa shape index (κ2) is 4.46. The van der Waals surface area contributed by atoms with Crippen LogP contribution in [0.15, 0.2) is 40.6 Å². The molecule has 1 aromatic heterocycles. The van der Waals surface area contributed by atoms with Crippen LogP contribution in [-0.4, -0.2) is 12.7 Å². The van der Waals surface area contributed by atoms with Gasteiger partial charge in [-0.1, -0.05) is 24.3 Å². The van der Waals surface area contributed by atoms with Gasteiger partial charge in [0.2, 0.25) is 0 Å². The topological polar surface area (TPSA) is 61.2 Å². The summed E-state index contributed by atoms with van der Waals surface area (Å²) in [6.45, 7) is 0.802. The molecule has 3 rings (SSSR count). The minimum Gasteiger partial charge on any atom is -0.206 e. The largest absolute Gasteiger partial charge is 0.253 e. The van der Waals surface area contributed by atoms with Crippen LogP contribution in [0.1, 0.15) is 16.0 Å². The molecule has 0 N–H and O–H groups in total. The second-order valence-electron chi connectivity index (χ2n) is 4.27. The lowest BCUT2D eigenvalue weighted by Crippen LogP contribution is -2.24. The zero-order chi connectivity index (χ0) is 13.5.